The van der Waals surface area contributed by atoms with E-state index in [2.05, 4.69) is 10.3 Å². The molecule has 1 aromatic heterocycles. The van der Waals surface area contributed by atoms with Gasteiger partial charge in [-0.05, 0) is 31.5 Å². The fraction of sp³-hybridized carbons (Fsp3) is 0.308. The quantitative estimate of drug-likeness (QED) is 0.916. The highest BCUT2D eigenvalue weighted by atomic mass is 32.1. The van der Waals surface area contributed by atoms with Crippen LogP contribution in [0.3, 0.4) is 0 Å². The predicted molar refractivity (Wildman–Crippen MR) is 68.5 cm³/mol. The normalized spacial score (nSPS) is 12.7. The molecule has 0 aliphatic carbocycles. The second kappa shape index (κ2) is 5.54. The second-order valence-electron chi connectivity index (χ2n) is 4.21. The Morgan fingerprint density at radius 2 is 2.11 bits per heavy atom. The third kappa shape index (κ3) is 2.91. The van der Waals surface area contributed by atoms with Crippen molar-refractivity contribution in [2.45, 2.75) is 26.4 Å². The van der Waals surface area contributed by atoms with Crippen molar-refractivity contribution in [3.63, 3.8) is 0 Å². The van der Waals surface area contributed by atoms with Gasteiger partial charge in [-0.3, -0.25) is 0 Å². The minimum absolute atomic E-state index is 0.262. The van der Waals surface area contributed by atoms with Gasteiger partial charge in [-0.2, -0.15) is 0 Å². The first-order chi connectivity index (χ1) is 8.58. The first-order valence-electron chi connectivity index (χ1n) is 5.64. The van der Waals surface area contributed by atoms with Crippen LogP contribution in [0.1, 0.15) is 29.8 Å². The van der Waals surface area contributed by atoms with Crippen LogP contribution in [0.15, 0.2) is 23.0 Å². The lowest BCUT2D eigenvalue weighted by Gasteiger charge is -2.15. The van der Waals surface area contributed by atoms with Crippen molar-refractivity contribution in [2.24, 2.45) is 0 Å². The molecular weight excluding hydrogens is 254 g/mol. The number of halogens is 2. The summed E-state index contributed by atoms with van der Waals surface area (Å²) in [5, 5.41) is 5.05. The largest absolute Gasteiger partial charge is 0.304 e. The Morgan fingerprint density at radius 3 is 2.78 bits per heavy atom. The standard InChI is InChI=1S/C13H14F2N2S/c1-8-3-13(15)11(4-12(8)14)9(2)16-5-10-6-18-7-17-10/h3-4,6-7,9,16H,5H2,1-2H3. The molecule has 1 unspecified atom stereocenters. The van der Waals surface area contributed by atoms with Gasteiger partial charge in [-0.25, -0.2) is 13.8 Å². The smallest absolute Gasteiger partial charge is 0.128 e. The highest BCUT2D eigenvalue weighted by Gasteiger charge is 2.13. The van der Waals surface area contributed by atoms with E-state index in [1.807, 2.05) is 5.38 Å². The number of thiazole rings is 1. The van der Waals surface area contributed by atoms with Gasteiger partial charge in [0.2, 0.25) is 0 Å². The molecular formula is C13H14F2N2S. The van der Waals surface area contributed by atoms with E-state index in [9.17, 15) is 8.78 Å². The van der Waals surface area contributed by atoms with E-state index in [1.165, 1.54) is 23.5 Å². The third-order valence-electron chi connectivity index (χ3n) is 2.82. The van der Waals surface area contributed by atoms with E-state index in [-0.39, 0.29) is 17.7 Å². The number of hydrogen-bond donors (Lipinski definition) is 1. The fourth-order valence-corrected chi connectivity index (χ4v) is 2.24. The molecule has 0 saturated carbocycles. The number of hydrogen-bond acceptors (Lipinski definition) is 3. The van der Waals surface area contributed by atoms with Crippen LogP contribution in [0.25, 0.3) is 0 Å². The molecule has 1 atom stereocenters. The molecule has 1 heterocycles. The van der Waals surface area contributed by atoms with E-state index >= 15 is 0 Å². The molecule has 0 fully saturated rings. The molecule has 0 amide bonds. The van der Waals surface area contributed by atoms with Crippen molar-refractivity contribution in [1.82, 2.24) is 10.3 Å². The zero-order valence-electron chi connectivity index (χ0n) is 10.2. The van der Waals surface area contributed by atoms with Gasteiger partial charge >= 0.3 is 0 Å². The lowest BCUT2D eigenvalue weighted by Crippen LogP contribution is -2.19. The zero-order chi connectivity index (χ0) is 13.1. The molecule has 0 aliphatic rings. The van der Waals surface area contributed by atoms with Crippen LogP contribution in [0, 0.1) is 18.6 Å². The van der Waals surface area contributed by atoms with Crippen molar-refractivity contribution in [3.05, 3.63) is 51.5 Å². The van der Waals surface area contributed by atoms with Crippen molar-refractivity contribution < 1.29 is 8.78 Å². The van der Waals surface area contributed by atoms with Crippen molar-refractivity contribution in [2.75, 3.05) is 0 Å². The number of nitrogens with one attached hydrogen (secondary N) is 1. The molecule has 18 heavy (non-hydrogen) atoms. The molecule has 0 bridgehead atoms. The summed E-state index contributed by atoms with van der Waals surface area (Å²) in [6.45, 7) is 3.90. The molecule has 0 saturated heterocycles. The Morgan fingerprint density at radius 1 is 1.33 bits per heavy atom. The Balaban J connectivity index is 2.09. The second-order valence-corrected chi connectivity index (χ2v) is 4.92. The number of nitrogens with zero attached hydrogens (tertiary/aromatic N) is 1. The van der Waals surface area contributed by atoms with Crippen molar-refractivity contribution in [3.8, 4) is 0 Å². The third-order valence-corrected chi connectivity index (χ3v) is 3.45. The molecule has 96 valence electrons. The average Bonchev–Trinajstić information content (AvgIpc) is 2.84. The van der Waals surface area contributed by atoms with Gasteiger partial charge in [0.15, 0.2) is 0 Å². The van der Waals surface area contributed by atoms with Crippen LogP contribution in [-0.4, -0.2) is 4.98 Å². The molecule has 1 N–H and O–H groups in total. The minimum atomic E-state index is -0.382. The highest BCUT2D eigenvalue weighted by Crippen LogP contribution is 2.20. The first-order valence-corrected chi connectivity index (χ1v) is 6.58. The fourth-order valence-electron chi connectivity index (χ4n) is 1.69. The van der Waals surface area contributed by atoms with E-state index in [0.29, 0.717) is 17.7 Å². The number of aryl methyl sites for hydroxylation is 1. The van der Waals surface area contributed by atoms with Gasteiger partial charge in [0, 0.05) is 23.5 Å². The van der Waals surface area contributed by atoms with Gasteiger partial charge in [0.05, 0.1) is 11.2 Å². The maximum atomic E-state index is 13.7. The maximum absolute atomic E-state index is 13.7. The Kier molecular flexibility index (Phi) is 4.04. The van der Waals surface area contributed by atoms with Crippen LogP contribution in [0.2, 0.25) is 0 Å². The molecule has 2 aromatic rings. The Labute approximate surface area is 109 Å². The number of aromatic nitrogens is 1. The topological polar surface area (TPSA) is 24.9 Å². The summed E-state index contributed by atoms with van der Waals surface area (Å²) in [5.41, 5.74) is 3.31. The monoisotopic (exact) mass is 268 g/mol. The predicted octanol–water partition coefficient (Wildman–Crippen LogP) is 3.58. The molecule has 2 nitrogen and oxygen atoms in total. The Hall–Kier alpha value is -1.33. The summed E-state index contributed by atoms with van der Waals surface area (Å²) in [4.78, 5) is 4.12. The number of benzene rings is 1. The summed E-state index contributed by atoms with van der Waals surface area (Å²) < 4.78 is 27.2. The van der Waals surface area contributed by atoms with E-state index in [4.69, 9.17) is 0 Å². The lowest BCUT2D eigenvalue weighted by molar-refractivity contribution is 0.514. The van der Waals surface area contributed by atoms with Gasteiger partial charge in [0.25, 0.3) is 0 Å². The zero-order valence-corrected chi connectivity index (χ0v) is 11.0. The molecule has 0 spiro atoms. The molecule has 0 radical (unpaired) electrons. The van der Waals surface area contributed by atoms with E-state index in [1.54, 1.807) is 19.4 Å². The van der Waals surface area contributed by atoms with Crippen LogP contribution in [0.4, 0.5) is 8.78 Å². The van der Waals surface area contributed by atoms with Gasteiger partial charge in [-0.15, -0.1) is 11.3 Å². The van der Waals surface area contributed by atoms with Gasteiger partial charge in [-0.1, -0.05) is 0 Å². The van der Waals surface area contributed by atoms with Crippen molar-refractivity contribution in [1.29, 1.82) is 0 Å². The molecule has 5 heteroatoms. The highest BCUT2D eigenvalue weighted by molar-refractivity contribution is 7.07. The summed E-state index contributed by atoms with van der Waals surface area (Å²) in [5.74, 6) is -0.763. The SMILES string of the molecule is Cc1cc(F)c(C(C)NCc2cscn2)cc1F. The summed E-state index contributed by atoms with van der Waals surface area (Å²) >= 11 is 1.51. The van der Waals surface area contributed by atoms with Crippen LogP contribution in [0.5, 0.6) is 0 Å². The van der Waals surface area contributed by atoms with Crippen molar-refractivity contribution >= 4 is 11.3 Å². The summed E-state index contributed by atoms with van der Waals surface area (Å²) in [7, 11) is 0. The van der Waals surface area contributed by atoms with Crippen LogP contribution in [-0.2, 0) is 6.54 Å². The minimum Gasteiger partial charge on any atom is -0.304 e. The van der Waals surface area contributed by atoms with E-state index < -0.39 is 0 Å². The number of rotatable bonds is 4. The Bertz CT molecular complexity index is 526. The average molecular weight is 268 g/mol. The summed E-state index contributed by atoms with van der Waals surface area (Å²) in [6, 6.07) is 2.22. The summed E-state index contributed by atoms with van der Waals surface area (Å²) in [6.07, 6.45) is 0. The maximum Gasteiger partial charge on any atom is 0.128 e. The molecule has 1 aromatic carbocycles. The molecule has 0 aliphatic heterocycles. The molecule has 2 rings (SSSR count). The van der Waals surface area contributed by atoms with Crippen LogP contribution >= 0.6 is 11.3 Å². The van der Waals surface area contributed by atoms with Crippen LogP contribution < -0.4 is 5.32 Å². The first kappa shape index (κ1) is 13.1. The van der Waals surface area contributed by atoms with E-state index in [0.717, 1.165) is 5.69 Å². The van der Waals surface area contributed by atoms with Gasteiger partial charge < -0.3 is 5.32 Å². The lowest BCUT2D eigenvalue weighted by atomic mass is 10.0. The van der Waals surface area contributed by atoms with Gasteiger partial charge in [0.1, 0.15) is 11.6 Å².